The van der Waals surface area contributed by atoms with Crippen LogP contribution in [0, 0.1) is 11.8 Å². The van der Waals surface area contributed by atoms with E-state index in [-0.39, 0.29) is 0 Å². The van der Waals surface area contributed by atoms with Crippen LogP contribution in [-0.2, 0) is 0 Å². The number of allylic oxidation sites excluding steroid dienone is 2. The molecule has 80 valence electrons. The molecule has 0 aliphatic carbocycles. The molecule has 1 atom stereocenters. The molecule has 1 heteroatoms. The van der Waals surface area contributed by atoms with E-state index in [9.17, 15) is 0 Å². The maximum absolute atomic E-state index is 4.38. The van der Waals surface area contributed by atoms with Crippen molar-refractivity contribution in [3.05, 3.63) is 23.9 Å². The lowest BCUT2D eigenvalue weighted by atomic mass is 9.92. The monoisotopic (exact) mass is 193 g/mol. The van der Waals surface area contributed by atoms with Crippen LogP contribution in [-0.4, -0.2) is 5.71 Å². The molecular weight excluding hydrogens is 170 g/mol. The van der Waals surface area contributed by atoms with Crippen molar-refractivity contribution in [2.24, 2.45) is 16.8 Å². The van der Waals surface area contributed by atoms with Crippen molar-refractivity contribution in [2.45, 2.75) is 41.5 Å². The van der Waals surface area contributed by atoms with Crippen LogP contribution in [0.3, 0.4) is 0 Å². The fourth-order valence-electron chi connectivity index (χ4n) is 0.952. The molecule has 0 aliphatic rings. The molecular formula is C13H23N. The molecule has 0 amide bonds. The van der Waals surface area contributed by atoms with E-state index in [2.05, 4.69) is 39.3 Å². The Balaban J connectivity index is 4.54. The maximum atomic E-state index is 4.38. The SMILES string of the molecule is C=C(C)/C(C)=N\C=C(/C)[C@H](C)C(C)C. The van der Waals surface area contributed by atoms with Crippen molar-refractivity contribution in [2.75, 3.05) is 0 Å². The van der Waals surface area contributed by atoms with E-state index in [1.807, 2.05) is 20.0 Å². The van der Waals surface area contributed by atoms with E-state index in [0.29, 0.717) is 11.8 Å². The van der Waals surface area contributed by atoms with Crippen LogP contribution in [0.1, 0.15) is 41.5 Å². The van der Waals surface area contributed by atoms with Crippen LogP contribution < -0.4 is 0 Å². The summed E-state index contributed by atoms with van der Waals surface area (Å²) in [6.07, 6.45) is 1.97. The molecule has 0 rings (SSSR count). The lowest BCUT2D eigenvalue weighted by molar-refractivity contribution is 0.479. The smallest absolute Gasteiger partial charge is 0.0395 e. The van der Waals surface area contributed by atoms with Gasteiger partial charge in [0.1, 0.15) is 0 Å². The summed E-state index contributed by atoms with van der Waals surface area (Å²) in [5.74, 6) is 1.27. The fraction of sp³-hybridized carbons (Fsp3) is 0.615. The number of nitrogens with zero attached hydrogens (tertiary/aromatic N) is 1. The fourth-order valence-corrected chi connectivity index (χ4v) is 0.952. The second-order valence-electron chi connectivity index (χ2n) is 4.40. The summed E-state index contributed by atoms with van der Waals surface area (Å²) >= 11 is 0. The van der Waals surface area contributed by atoms with Gasteiger partial charge in [-0.2, -0.15) is 0 Å². The first-order valence-electron chi connectivity index (χ1n) is 5.23. The zero-order chi connectivity index (χ0) is 11.3. The molecule has 14 heavy (non-hydrogen) atoms. The van der Waals surface area contributed by atoms with Crippen LogP contribution in [0.25, 0.3) is 0 Å². The van der Waals surface area contributed by atoms with Gasteiger partial charge in [0.05, 0.1) is 0 Å². The average molecular weight is 193 g/mol. The van der Waals surface area contributed by atoms with Gasteiger partial charge < -0.3 is 0 Å². The molecule has 0 unspecified atom stereocenters. The third-order valence-corrected chi connectivity index (χ3v) is 2.80. The van der Waals surface area contributed by atoms with Gasteiger partial charge in [-0.25, -0.2) is 0 Å². The van der Waals surface area contributed by atoms with Crippen molar-refractivity contribution in [3.63, 3.8) is 0 Å². The predicted molar refractivity (Wildman–Crippen MR) is 65.7 cm³/mol. The van der Waals surface area contributed by atoms with Crippen molar-refractivity contribution in [1.82, 2.24) is 0 Å². The zero-order valence-corrected chi connectivity index (χ0v) is 10.4. The lowest BCUT2D eigenvalue weighted by Gasteiger charge is -2.15. The lowest BCUT2D eigenvalue weighted by Crippen LogP contribution is -2.04. The molecule has 0 saturated heterocycles. The highest BCUT2D eigenvalue weighted by Crippen LogP contribution is 2.19. The molecule has 0 radical (unpaired) electrons. The normalized spacial score (nSPS) is 15.9. The second-order valence-corrected chi connectivity index (χ2v) is 4.40. The second kappa shape index (κ2) is 5.79. The number of hydrogen-bond acceptors (Lipinski definition) is 1. The molecule has 0 aromatic carbocycles. The van der Waals surface area contributed by atoms with Crippen molar-refractivity contribution in [3.8, 4) is 0 Å². The van der Waals surface area contributed by atoms with Gasteiger partial charge in [-0.3, -0.25) is 4.99 Å². The molecule has 0 heterocycles. The van der Waals surface area contributed by atoms with Crippen molar-refractivity contribution >= 4 is 5.71 Å². The Morgan fingerprint density at radius 3 is 2.00 bits per heavy atom. The summed E-state index contributed by atoms with van der Waals surface area (Å²) in [5.41, 5.74) is 3.38. The highest BCUT2D eigenvalue weighted by molar-refractivity contribution is 5.97. The number of hydrogen-bond donors (Lipinski definition) is 0. The highest BCUT2D eigenvalue weighted by atomic mass is 14.7. The van der Waals surface area contributed by atoms with Gasteiger partial charge in [0.25, 0.3) is 0 Å². The number of aliphatic imine (C=N–C) groups is 1. The number of rotatable bonds is 4. The zero-order valence-electron chi connectivity index (χ0n) is 10.4. The van der Waals surface area contributed by atoms with Crippen LogP contribution >= 0.6 is 0 Å². The third-order valence-electron chi connectivity index (χ3n) is 2.80. The Morgan fingerprint density at radius 2 is 1.64 bits per heavy atom. The first-order valence-corrected chi connectivity index (χ1v) is 5.23. The molecule has 0 saturated carbocycles. The van der Waals surface area contributed by atoms with Gasteiger partial charge in [-0.15, -0.1) is 0 Å². The molecule has 0 fully saturated rings. The van der Waals surface area contributed by atoms with Crippen molar-refractivity contribution < 1.29 is 0 Å². The summed E-state index contributed by atoms with van der Waals surface area (Å²) in [5, 5.41) is 0. The molecule has 0 aliphatic heterocycles. The van der Waals surface area contributed by atoms with Gasteiger partial charge >= 0.3 is 0 Å². The maximum Gasteiger partial charge on any atom is 0.0395 e. The Morgan fingerprint density at radius 1 is 1.14 bits per heavy atom. The van der Waals surface area contributed by atoms with Gasteiger partial charge in [0, 0.05) is 11.9 Å². The largest absolute Gasteiger partial charge is 0.261 e. The summed E-state index contributed by atoms with van der Waals surface area (Å²) in [6.45, 7) is 16.7. The third kappa shape index (κ3) is 4.40. The van der Waals surface area contributed by atoms with E-state index in [0.717, 1.165) is 11.3 Å². The Bertz CT molecular complexity index is 256. The molecule has 0 bridgehead atoms. The first-order chi connectivity index (χ1) is 6.36. The van der Waals surface area contributed by atoms with Gasteiger partial charge in [-0.05, 0) is 38.2 Å². The standard InChI is InChI=1S/C13H23N/c1-9(2)12(6)11(5)8-14-13(7)10(3)4/h8-9,12H,3H2,1-2,4-7H3/b11-8+,14-13-/t12-/m1/s1. The molecule has 0 aromatic heterocycles. The molecule has 0 aromatic rings. The quantitative estimate of drug-likeness (QED) is 0.593. The topological polar surface area (TPSA) is 12.4 Å². The Labute approximate surface area is 88.6 Å². The molecule has 1 nitrogen and oxygen atoms in total. The van der Waals surface area contributed by atoms with Crippen LogP contribution in [0.4, 0.5) is 0 Å². The summed E-state index contributed by atoms with van der Waals surface area (Å²) in [6, 6.07) is 0. The van der Waals surface area contributed by atoms with Gasteiger partial charge in [-0.1, -0.05) is 32.9 Å². The van der Waals surface area contributed by atoms with E-state index in [1.165, 1.54) is 5.57 Å². The van der Waals surface area contributed by atoms with Crippen LogP contribution in [0.5, 0.6) is 0 Å². The van der Waals surface area contributed by atoms with Crippen LogP contribution in [0.15, 0.2) is 28.9 Å². The summed E-state index contributed by atoms with van der Waals surface area (Å²) < 4.78 is 0. The minimum absolute atomic E-state index is 0.594. The van der Waals surface area contributed by atoms with Crippen molar-refractivity contribution in [1.29, 1.82) is 0 Å². The van der Waals surface area contributed by atoms with Crippen LogP contribution in [0.2, 0.25) is 0 Å². The Hall–Kier alpha value is -0.850. The summed E-state index contributed by atoms with van der Waals surface area (Å²) in [4.78, 5) is 4.38. The van der Waals surface area contributed by atoms with E-state index < -0.39 is 0 Å². The molecule has 0 spiro atoms. The van der Waals surface area contributed by atoms with E-state index in [1.54, 1.807) is 0 Å². The minimum atomic E-state index is 0.594. The average Bonchev–Trinajstić information content (AvgIpc) is 2.11. The minimum Gasteiger partial charge on any atom is -0.261 e. The highest BCUT2D eigenvalue weighted by Gasteiger charge is 2.08. The Kier molecular flexibility index (Phi) is 5.44. The first kappa shape index (κ1) is 13.2. The van der Waals surface area contributed by atoms with E-state index >= 15 is 0 Å². The van der Waals surface area contributed by atoms with Gasteiger partial charge in [0.2, 0.25) is 0 Å². The predicted octanol–water partition coefficient (Wildman–Crippen LogP) is 4.22. The van der Waals surface area contributed by atoms with Gasteiger partial charge in [0.15, 0.2) is 0 Å². The molecule has 0 N–H and O–H groups in total. The summed E-state index contributed by atoms with van der Waals surface area (Å²) in [7, 11) is 0. The van der Waals surface area contributed by atoms with E-state index in [4.69, 9.17) is 0 Å².